The van der Waals surface area contributed by atoms with Gasteiger partial charge in [0.15, 0.2) is 0 Å². The lowest BCUT2D eigenvalue weighted by Crippen LogP contribution is -2.18. The third kappa shape index (κ3) is 11.5. The van der Waals surface area contributed by atoms with Gasteiger partial charge in [0.05, 0.1) is 37.8 Å². The molecular weight excluding hydrogens is 628 g/mol. The number of nitrogens with zero attached hydrogens (tertiary/aromatic N) is 2. The van der Waals surface area contributed by atoms with E-state index >= 15 is 0 Å². The molecule has 0 aliphatic rings. The largest absolute Gasteiger partial charge is 0.497 e. The third-order valence-corrected chi connectivity index (χ3v) is 6.99. The number of rotatable bonds is 16. The van der Waals surface area contributed by atoms with E-state index in [0.29, 0.717) is 64.5 Å². The lowest BCUT2D eigenvalue weighted by molar-refractivity contribution is -0.121. The normalized spacial score (nSPS) is 10.8. The van der Waals surface area contributed by atoms with Gasteiger partial charge in [0, 0.05) is 24.0 Å². The van der Waals surface area contributed by atoms with Crippen molar-refractivity contribution in [2.24, 2.45) is 10.2 Å². The molecule has 0 saturated carbocycles. The predicted molar refractivity (Wildman–Crippen MR) is 183 cm³/mol. The summed E-state index contributed by atoms with van der Waals surface area (Å²) in [5, 5.41) is 7.98. The summed E-state index contributed by atoms with van der Waals surface area (Å²) in [5.41, 5.74) is 6.68. The van der Waals surface area contributed by atoms with Crippen molar-refractivity contribution in [3.8, 4) is 23.0 Å². The Labute approximate surface area is 283 Å². The van der Waals surface area contributed by atoms with E-state index in [1.807, 2.05) is 0 Å². The summed E-state index contributed by atoms with van der Waals surface area (Å²) < 4.78 is 21.2. The summed E-state index contributed by atoms with van der Waals surface area (Å²) >= 11 is 0. The van der Waals surface area contributed by atoms with Crippen molar-refractivity contribution in [1.82, 2.24) is 10.9 Å². The average Bonchev–Trinajstić information content (AvgIpc) is 3.13. The summed E-state index contributed by atoms with van der Waals surface area (Å²) in [6, 6.07) is 26.7. The second-order valence-electron chi connectivity index (χ2n) is 10.5. The first-order valence-corrected chi connectivity index (χ1v) is 15.4. The quantitative estimate of drug-likeness (QED) is 0.0509. The number of hydrogen-bond donors (Lipinski definition) is 2. The molecule has 4 rings (SSSR count). The molecule has 0 spiro atoms. The minimum absolute atomic E-state index is 0.219. The first-order chi connectivity index (χ1) is 23.9. The van der Waals surface area contributed by atoms with Crippen LogP contribution in [0.1, 0.15) is 63.9 Å². The van der Waals surface area contributed by atoms with Gasteiger partial charge in [-0.2, -0.15) is 10.2 Å². The molecule has 0 fully saturated rings. The van der Waals surface area contributed by atoms with Gasteiger partial charge in [0.2, 0.25) is 11.8 Å². The third-order valence-electron chi connectivity index (χ3n) is 6.99. The number of esters is 2. The van der Waals surface area contributed by atoms with Crippen molar-refractivity contribution < 1.29 is 38.1 Å². The van der Waals surface area contributed by atoms with Gasteiger partial charge in [-0.1, -0.05) is 30.7 Å². The number of hydrazone groups is 2. The maximum Gasteiger partial charge on any atom is 0.343 e. The minimum Gasteiger partial charge on any atom is -0.497 e. The smallest absolute Gasteiger partial charge is 0.343 e. The molecule has 49 heavy (non-hydrogen) atoms. The number of nitrogens with one attached hydrogen (secondary N) is 2. The minimum atomic E-state index is -0.540. The van der Waals surface area contributed by atoms with Gasteiger partial charge in [-0.25, -0.2) is 20.4 Å². The Morgan fingerprint density at radius 1 is 0.551 bits per heavy atom. The highest BCUT2D eigenvalue weighted by molar-refractivity contribution is 5.94. The van der Waals surface area contributed by atoms with Gasteiger partial charge in [0.1, 0.15) is 23.0 Å². The molecule has 0 saturated heterocycles. The molecule has 2 amide bonds. The molecule has 12 nitrogen and oxygen atoms in total. The number of para-hydroxylation sites is 2. The lowest BCUT2D eigenvalue weighted by atomic mass is 10.1. The van der Waals surface area contributed by atoms with Gasteiger partial charge >= 0.3 is 11.9 Å². The highest BCUT2D eigenvalue weighted by Gasteiger charge is 2.13. The number of ether oxygens (including phenoxy) is 4. The lowest BCUT2D eigenvalue weighted by Gasteiger charge is -2.08. The van der Waals surface area contributed by atoms with Crippen molar-refractivity contribution in [3.05, 3.63) is 119 Å². The number of methoxy groups -OCH3 is 2. The van der Waals surface area contributed by atoms with Gasteiger partial charge in [-0.05, 0) is 85.6 Å². The van der Waals surface area contributed by atoms with Gasteiger partial charge < -0.3 is 18.9 Å². The Bertz CT molecular complexity index is 1660. The number of hydrogen-bond acceptors (Lipinski definition) is 10. The second kappa shape index (κ2) is 18.7. The van der Waals surface area contributed by atoms with Crippen LogP contribution >= 0.6 is 0 Å². The summed E-state index contributed by atoms with van der Waals surface area (Å²) in [5.74, 6) is 0.179. The van der Waals surface area contributed by atoms with Crippen LogP contribution in [0.3, 0.4) is 0 Å². The second-order valence-corrected chi connectivity index (χ2v) is 10.5. The zero-order valence-electron chi connectivity index (χ0n) is 27.1. The maximum atomic E-state index is 12.5. The average molecular weight is 665 g/mol. The standard InChI is InChI=1S/C37H36N4O8/c1-46-30-20-16-26(17-21-30)36(44)48-32-12-8-6-10-28(32)24-38-40-34(42)14-4-3-5-15-35(43)41-39-25-29-11-7-9-13-33(29)49-37(45)27-18-22-31(47-2)23-19-27/h6-13,16-25H,3-5,14-15H2,1-2H3,(H,40,42)(H,41,43)/b38-24-,39-25-. The fourth-order valence-electron chi connectivity index (χ4n) is 4.34. The Kier molecular flexibility index (Phi) is 13.6. The first-order valence-electron chi connectivity index (χ1n) is 15.4. The molecule has 0 bridgehead atoms. The van der Waals surface area contributed by atoms with Crippen molar-refractivity contribution in [3.63, 3.8) is 0 Å². The Morgan fingerprint density at radius 2 is 0.939 bits per heavy atom. The summed E-state index contributed by atoms with van der Waals surface area (Å²) in [4.78, 5) is 49.6. The summed E-state index contributed by atoms with van der Waals surface area (Å²) in [6.45, 7) is 0. The molecule has 0 radical (unpaired) electrons. The van der Waals surface area contributed by atoms with E-state index in [1.54, 1.807) is 111 Å². The molecule has 4 aromatic rings. The molecule has 0 aliphatic heterocycles. The van der Waals surface area contributed by atoms with E-state index in [0.717, 1.165) is 0 Å². The van der Waals surface area contributed by atoms with Crippen molar-refractivity contribution in [2.45, 2.75) is 32.1 Å². The van der Waals surface area contributed by atoms with Crippen LogP contribution < -0.4 is 29.8 Å². The SMILES string of the molecule is COc1ccc(C(=O)Oc2ccccc2/C=N\NC(=O)CCCCCC(=O)N/N=C\c2ccccc2OC(=O)c2ccc(OC)cc2)cc1. The van der Waals surface area contributed by atoms with E-state index in [4.69, 9.17) is 18.9 Å². The van der Waals surface area contributed by atoms with Crippen LogP contribution in [-0.2, 0) is 9.59 Å². The maximum absolute atomic E-state index is 12.5. The fourth-order valence-corrected chi connectivity index (χ4v) is 4.34. The number of benzene rings is 4. The van der Waals surface area contributed by atoms with Crippen molar-refractivity contribution in [1.29, 1.82) is 0 Å². The Balaban J connectivity index is 1.14. The zero-order chi connectivity index (χ0) is 34.8. The molecule has 4 aromatic carbocycles. The molecule has 12 heteroatoms. The predicted octanol–water partition coefficient (Wildman–Crippen LogP) is 5.69. The molecule has 0 aromatic heterocycles. The number of carbonyl (C=O) groups excluding carboxylic acids is 4. The van der Waals surface area contributed by atoms with Crippen LogP contribution in [-0.4, -0.2) is 50.4 Å². The van der Waals surface area contributed by atoms with Crippen LogP contribution in [0.25, 0.3) is 0 Å². The topological polar surface area (TPSA) is 154 Å². The Morgan fingerprint density at radius 3 is 1.33 bits per heavy atom. The number of unbranched alkanes of at least 4 members (excludes halogenated alkanes) is 2. The summed E-state index contributed by atoms with van der Waals surface area (Å²) in [7, 11) is 3.08. The van der Waals surface area contributed by atoms with Crippen LogP contribution in [0.15, 0.2) is 107 Å². The zero-order valence-corrected chi connectivity index (χ0v) is 27.1. The molecule has 2 N–H and O–H groups in total. The van der Waals surface area contributed by atoms with Crippen LogP contribution in [0.2, 0.25) is 0 Å². The molecule has 0 unspecified atom stereocenters. The number of amides is 2. The molecule has 0 atom stereocenters. The van der Waals surface area contributed by atoms with E-state index in [1.165, 1.54) is 12.4 Å². The van der Waals surface area contributed by atoms with Crippen LogP contribution in [0, 0.1) is 0 Å². The van der Waals surface area contributed by atoms with E-state index in [-0.39, 0.29) is 24.7 Å². The van der Waals surface area contributed by atoms with Gasteiger partial charge in [-0.3, -0.25) is 9.59 Å². The van der Waals surface area contributed by atoms with Crippen LogP contribution in [0.4, 0.5) is 0 Å². The monoisotopic (exact) mass is 664 g/mol. The molecule has 0 aliphatic carbocycles. The highest BCUT2D eigenvalue weighted by Crippen LogP contribution is 2.20. The summed E-state index contributed by atoms with van der Waals surface area (Å²) in [6.07, 6.45) is 5.00. The van der Waals surface area contributed by atoms with Gasteiger partial charge in [0.25, 0.3) is 0 Å². The van der Waals surface area contributed by atoms with Crippen molar-refractivity contribution in [2.75, 3.05) is 14.2 Å². The first kappa shape index (κ1) is 35.6. The van der Waals surface area contributed by atoms with E-state index < -0.39 is 11.9 Å². The molecular formula is C37H36N4O8. The fraction of sp³-hybridized carbons (Fsp3) is 0.189. The molecule has 252 valence electrons. The van der Waals surface area contributed by atoms with E-state index in [9.17, 15) is 19.2 Å². The highest BCUT2D eigenvalue weighted by atomic mass is 16.5. The number of carbonyl (C=O) groups is 4. The van der Waals surface area contributed by atoms with Gasteiger partial charge in [-0.15, -0.1) is 0 Å². The van der Waals surface area contributed by atoms with Crippen LogP contribution in [0.5, 0.6) is 23.0 Å². The van der Waals surface area contributed by atoms with Crippen molar-refractivity contribution >= 4 is 36.2 Å². The molecule has 0 heterocycles. The van der Waals surface area contributed by atoms with E-state index in [2.05, 4.69) is 21.1 Å². The Hall–Kier alpha value is -6.30.